The molecule has 0 aliphatic heterocycles. The minimum atomic E-state index is -1.45. The third-order valence-electron chi connectivity index (χ3n) is 2.94. The highest BCUT2D eigenvalue weighted by Gasteiger charge is 2.38. The summed E-state index contributed by atoms with van der Waals surface area (Å²) in [6.45, 7) is 4.51. The molecule has 0 heterocycles. The zero-order valence-corrected chi connectivity index (χ0v) is 11.7. The van der Waals surface area contributed by atoms with Crippen LogP contribution in [0.2, 0.25) is 5.02 Å². The average molecular weight is 288 g/mol. The Morgan fingerprint density at radius 2 is 2.00 bits per heavy atom. The highest BCUT2D eigenvalue weighted by Crippen LogP contribution is 2.24. The zero-order valence-electron chi connectivity index (χ0n) is 10.9. The molecular formula is C13H15ClFNO3. The van der Waals surface area contributed by atoms with Crippen molar-refractivity contribution in [3.8, 4) is 0 Å². The lowest BCUT2D eigenvalue weighted by atomic mass is 10.0. The Bertz CT molecular complexity index is 496. The molecular weight excluding hydrogens is 273 g/mol. The van der Waals surface area contributed by atoms with E-state index in [4.69, 9.17) is 16.7 Å². The smallest absolute Gasteiger partial charge is 0.329 e. The molecule has 1 aromatic rings. The summed E-state index contributed by atoms with van der Waals surface area (Å²) in [6, 6.07) is 3.88. The normalized spacial score (nSPS) is 11.2. The third-order valence-corrected chi connectivity index (χ3v) is 3.25. The van der Waals surface area contributed by atoms with Gasteiger partial charge in [-0.1, -0.05) is 17.7 Å². The van der Waals surface area contributed by atoms with E-state index in [2.05, 4.69) is 0 Å². The second-order valence-corrected chi connectivity index (χ2v) is 4.92. The number of hydrogen-bond donors (Lipinski definition) is 1. The molecule has 4 nitrogen and oxygen atoms in total. The SMILES string of the molecule is CCN(C(=O)c1c(F)cccc1Cl)C(C)(C)C(=O)O. The highest BCUT2D eigenvalue weighted by atomic mass is 35.5. The number of hydrogen-bond acceptors (Lipinski definition) is 2. The van der Waals surface area contributed by atoms with Crippen LogP contribution in [0.4, 0.5) is 4.39 Å². The van der Waals surface area contributed by atoms with Gasteiger partial charge in [0.2, 0.25) is 0 Å². The molecule has 104 valence electrons. The second kappa shape index (κ2) is 5.57. The molecule has 0 radical (unpaired) electrons. The fourth-order valence-corrected chi connectivity index (χ4v) is 1.99. The Morgan fingerprint density at radius 1 is 1.42 bits per heavy atom. The van der Waals surface area contributed by atoms with E-state index in [-0.39, 0.29) is 17.1 Å². The summed E-state index contributed by atoms with van der Waals surface area (Å²) in [5.74, 6) is -2.68. The first-order chi connectivity index (χ1) is 8.73. The summed E-state index contributed by atoms with van der Waals surface area (Å²) in [6.07, 6.45) is 0. The molecule has 1 rings (SSSR count). The maximum Gasteiger partial charge on any atom is 0.329 e. The van der Waals surface area contributed by atoms with Crippen LogP contribution in [-0.4, -0.2) is 34.0 Å². The number of rotatable bonds is 4. The Morgan fingerprint density at radius 3 is 2.42 bits per heavy atom. The number of carbonyl (C=O) groups is 2. The van der Waals surface area contributed by atoms with Gasteiger partial charge in [0, 0.05) is 6.54 Å². The molecule has 0 fully saturated rings. The number of likely N-dealkylation sites (N-methyl/N-ethyl adjacent to an activating group) is 1. The molecule has 0 atom stereocenters. The van der Waals surface area contributed by atoms with Crippen LogP contribution in [0.25, 0.3) is 0 Å². The van der Waals surface area contributed by atoms with Crippen LogP contribution in [0.3, 0.4) is 0 Å². The van der Waals surface area contributed by atoms with Gasteiger partial charge >= 0.3 is 5.97 Å². The van der Waals surface area contributed by atoms with Crippen molar-refractivity contribution in [3.63, 3.8) is 0 Å². The quantitative estimate of drug-likeness (QED) is 0.926. The maximum atomic E-state index is 13.7. The number of nitrogens with zero attached hydrogens (tertiary/aromatic N) is 1. The molecule has 0 bridgehead atoms. The molecule has 0 aromatic heterocycles. The second-order valence-electron chi connectivity index (χ2n) is 4.51. The van der Waals surface area contributed by atoms with E-state index in [9.17, 15) is 14.0 Å². The van der Waals surface area contributed by atoms with Crippen molar-refractivity contribution in [2.75, 3.05) is 6.54 Å². The summed E-state index contributed by atoms with van der Waals surface area (Å²) < 4.78 is 13.7. The van der Waals surface area contributed by atoms with Crippen molar-refractivity contribution in [1.29, 1.82) is 0 Å². The van der Waals surface area contributed by atoms with Gasteiger partial charge in [-0.15, -0.1) is 0 Å². The van der Waals surface area contributed by atoms with E-state index in [1.807, 2.05) is 0 Å². The Labute approximate surface area is 115 Å². The van der Waals surface area contributed by atoms with E-state index in [0.29, 0.717) is 0 Å². The lowest BCUT2D eigenvalue weighted by Crippen LogP contribution is -2.53. The monoisotopic (exact) mass is 287 g/mol. The van der Waals surface area contributed by atoms with Crippen LogP contribution < -0.4 is 0 Å². The van der Waals surface area contributed by atoms with Crippen molar-refractivity contribution in [2.24, 2.45) is 0 Å². The first-order valence-electron chi connectivity index (χ1n) is 5.72. The molecule has 0 saturated heterocycles. The van der Waals surface area contributed by atoms with Crippen molar-refractivity contribution >= 4 is 23.5 Å². The van der Waals surface area contributed by atoms with Gasteiger partial charge in [0.1, 0.15) is 11.4 Å². The Balaban J connectivity index is 3.28. The Hall–Kier alpha value is -1.62. The first-order valence-corrected chi connectivity index (χ1v) is 6.10. The van der Waals surface area contributed by atoms with Gasteiger partial charge in [-0.25, -0.2) is 9.18 Å². The lowest BCUT2D eigenvalue weighted by molar-refractivity contribution is -0.147. The largest absolute Gasteiger partial charge is 0.480 e. The topological polar surface area (TPSA) is 57.6 Å². The number of aliphatic carboxylic acids is 1. The number of amides is 1. The van der Waals surface area contributed by atoms with Gasteiger partial charge in [-0.05, 0) is 32.9 Å². The van der Waals surface area contributed by atoms with Crippen LogP contribution in [0.15, 0.2) is 18.2 Å². The molecule has 6 heteroatoms. The molecule has 19 heavy (non-hydrogen) atoms. The van der Waals surface area contributed by atoms with Gasteiger partial charge < -0.3 is 10.0 Å². The highest BCUT2D eigenvalue weighted by molar-refractivity contribution is 6.33. The predicted molar refractivity (Wildman–Crippen MR) is 69.8 cm³/mol. The fraction of sp³-hybridized carbons (Fsp3) is 0.385. The number of carboxylic acids is 1. The number of carbonyl (C=O) groups excluding carboxylic acids is 1. The first kappa shape index (κ1) is 15.4. The molecule has 1 amide bonds. The summed E-state index contributed by atoms with van der Waals surface area (Å²) in [5, 5.41) is 9.12. The van der Waals surface area contributed by atoms with E-state index in [1.54, 1.807) is 6.92 Å². The van der Waals surface area contributed by atoms with Crippen molar-refractivity contribution in [2.45, 2.75) is 26.3 Å². The Kier molecular flexibility index (Phi) is 4.52. The number of benzene rings is 1. The van der Waals surface area contributed by atoms with Crippen LogP contribution >= 0.6 is 11.6 Å². The summed E-state index contributed by atoms with van der Waals surface area (Å²) in [7, 11) is 0. The molecule has 0 spiro atoms. The molecule has 0 unspecified atom stereocenters. The standard InChI is InChI=1S/C13H15ClFNO3/c1-4-16(13(2,3)12(18)19)11(17)10-8(14)6-5-7-9(10)15/h5-7H,4H2,1-3H3,(H,18,19). The van der Waals surface area contributed by atoms with E-state index in [1.165, 1.54) is 26.0 Å². The van der Waals surface area contributed by atoms with E-state index < -0.39 is 23.2 Å². The molecule has 0 aliphatic rings. The van der Waals surface area contributed by atoms with Crippen LogP contribution in [0.5, 0.6) is 0 Å². The summed E-state index contributed by atoms with van der Waals surface area (Å²) in [4.78, 5) is 24.6. The predicted octanol–water partition coefficient (Wildman–Crippen LogP) is 2.80. The zero-order chi connectivity index (χ0) is 14.8. The average Bonchev–Trinajstić information content (AvgIpc) is 2.28. The third kappa shape index (κ3) is 2.87. The summed E-state index contributed by atoms with van der Waals surface area (Å²) in [5.41, 5.74) is -1.75. The van der Waals surface area contributed by atoms with Gasteiger partial charge in [0.25, 0.3) is 5.91 Å². The van der Waals surface area contributed by atoms with Crippen molar-refractivity contribution in [1.82, 2.24) is 4.90 Å². The van der Waals surface area contributed by atoms with E-state index in [0.717, 1.165) is 11.0 Å². The van der Waals surface area contributed by atoms with Crippen LogP contribution in [-0.2, 0) is 4.79 Å². The number of carboxylic acid groups (broad SMARTS) is 1. The molecule has 0 saturated carbocycles. The molecule has 1 aromatic carbocycles. The van der Waals surface area contributed by atoms with Crippen LogP contribution in [0.1, 0.15) is 31.1 Å². The summed E-state index contributed by atoms with van der Waals surface area (Å²) >= 11 is 5.82. The lowest BCUT2D eigenvalue weighted by Gasteiger charge is -2.34. The molecule has 1 N–H and O–H groups in total. The van der Waals surface area contributed by atoms with Gasteiger partial charge in [0.15, 0.2) is 0 Å². The van der Waals surface area contributed by atoms with E-state index >= 15 is 0 Å². The van der Waals surface area contributed by atoms with Crippen LogP contribution in [0, 0.1) is 5.82 Å². The minimum Gasteiger partial charge on any atom is -0.480 e. The minimum absolute atomic E-state index is 0.0374. The maximum absolute atomic E-state index is 13.7. The van der Waals surface area contributed by atoms with Gasteiger partial charge in [-0.2, -0.15) is 0 Å². The molecule has 0 aliphatic carbocycles. The van der Waals surface area contributed by atoms with Crippen molar-refractivity contribution < 1.29 is 19.1 Å². The fourth-order valence-electron chi connectivity index (χ4n) is 1.75. The van der Waals surface area contributed by atoms with Crippen molar-refractivity contribution in [3.05, 3.63) is 34.6 Å². The van der Waals surface area contributed by atoms with Gasteiger partial charge in [-0.3, -0.25) is 4.79 Å². The number of halogens is 2. The van der Waals surface area contributed by atoms with Gasteiger partial charge in [0.05, 0.1) is 10.6 Å².